The lowest BCUT2D eigenvalue weighted by atomic mass is 10.1. The molecule has 0 unspecified atom stereocenters. The summed E-state index contributed by atoms with van der Waals surface area (Å²) in [7, 11) is 0. The van der Waals surface area contributed by atoms with Crippen molar-refractivity contribution in [3.8, 4) is 0 Å². The number of alkyl halides is 2. The van der Waals surface area contributed by atoms with Gasteiger partial charge in [0.2, 0.25) is 0 Å². The molecule has 0 bridgehead atoms. The molecular formula is C5H9F2NO. The average Bonchev–Trinajstić information content (AvgIpc) is 1.60. The molecule has 54 valence electrons. The van der Waals surface area contributed by atoms with Gasteiger partial charge in [0.05, 0.1) is 12.6 Å². The lowest BCUT2D eigenvalue weighted by molar-refractivity contribution is -0.0630. The highest BCUT2D eigenvalue weighted by atomic mass is 19.3. The largest absolute Gasteiger partial charge is 0.392 e. The van der Waals surface area contributed by atoms with Crippen molar-refractivity contribution in [3.05, 3.63) is 0 Å². The van der Waals surface area contributed by atoms with Crippen LogP contribution < -0.4 is 5.32 Å². The third-order valence-corrected chi connectivity index (χ3v) is 1.30. The minimum atomic E-state index is -2.71. The quantitative estimate of drug-likeness (QED) is 0.491. The Balaban J connectivity index is 2.41. The molecule has 4 heteroatoms. The van der Waals surface area contributed by atoms with Crippen LogP contribution in [0, 0.1) is 0 Å². The van der Waals surface area contributed by atoms with E-state index in [2.05, 4.69) is 5.32 Å². The summed E-state index contributed by atoms with van der Waals surface area (Å²) in [5.74, 6) is -2.71. The predicted octanol–water partition coefficient (Wildman–Crippen LogP) is -0.0241. The number of nitrogens with one attached hydrogen (secondary N) is 1. The van der Waals surface area contributed by atoms with Gasteiger partial charge in [0.15, 0.2) is 0 Å². The topological polar surface area (TPSA) is 32.3 Å². The summed E-state index contributed by atoms with van der Waals surface area (Å²) >= 11 is 0. The summed E-state index contributed by atoms with van der Waals surface area (Å²) in [4.78, 5) is 0. The zero-order valence-electron chi connectivity index (χ0n) is 4.90. The molecule has 1 fully saturated rings. The molecule has 0 spiro atoms. The van der Waals surface area contributed by atoms with E-state index in [0.717, 1.165) is 0 Å². The first-order valence-electron chi connectivity index (χ1n) is 2.87. The standard InChI is InChI=1S/C5H9F2NO/c6-5(7)1-4(9)2-8-3-5/h4,8-9H,1-3H2/t4-/m0/s1. The number of aliphatic hydroxyl groups excluding tert-OH is 1. The van der Waals surface area contributed by atoms with E-state index < -0.39 is 18.4 Å². The maximum Gasteiger partial charge on any atom is 0.262 e. The lowest BCUT2D eigenvalue weighted by Gasteiger charge is -2.26. The Bertz CT molecular complexity index is 107. The van der Waals surface area contributed by atoms with Crippen LogP contribution in [0.4, 0.5) is 8.78 Å². The molecule has 0 aromatic carbocycles. The normalized spacial score (nSPS) is 34.3. The molecule has 0 aromatic heterocycles. The number of β-amino-alcohol motifs (C(OH)–C–C–N with tert-alkyl or cyclic N) is 1. The zero-order chi connectivity index (χ0) is 6.91. The van der Waals surface area contributed by atoms with Crippen LogP contribution in [0.15, 0.2) is 0 Å². The van der Waals surface area contributed by atoms with Gasteiger partial charge in [-0.3, -0.25) is 0 Å². The molecule has 1 atom stereocenters. The summed E-state index contributed by atoms with van der Waals surface area (Å²) < 4.78 is 24.5. The molecule has 1 rings (SSSR count). The van der Waals surface area contributed by atoms with Gasteiger partial charge in [-0.2, -0.15) is 0 Å². The van der Waals surface area contributed by atoms with E-state index in [4.69, 9.17) is 5.11 Å². The Labute approximate surface area is 51.9 Å². The van der Waals surface area contributed by atoms with Crippen LogP contribution in [-0.4, -0.2) is 30.2 Å². The number of piperidine rings is 1. The highest BCUT2D eigenvalue weighted by molar-refractivity contribution is 4.80. The molecule has 0 saturated carbocycles. The highest BCUT2D eigenvalue weighted by Crippen LogP contribution is 2.21. The second-order valence-corrected chi connectivity index (χ2v) is 2.34. The summed E-state index contributed by atoms with van der Waals surface area (Å²) in [6.07, 6.45) is -1.28. The van der Waals surface area contributed by atoms with Crippen LogP contribution in [-0.2, 0) is 0 Å². The van der Waals surface area contributed by atoms with Crippen molar-refractivity contribution < 1.29 is 13.9 Å². The summed E-state index contributed by atoms with van der Waals surface area (Å²) in [5, 5.41) is 11.1. The molecule has 0 amide bonds. The Morgan fingerprint density at radius 2 is 2.22 bits per heavy atom. The van der Waals surface area contributed by atoms with E-state index in [-0.39, 0.29) is 13.1 Å². The van der Waals surface area contributed by atoms with E-state index >= 15 is 0 Å². The van der Waals surface area contributed by atoms with Gasteiger partial charge < -0.3 is 10.4 Å². The van der Waals surface area contributed by atoms with Gasteiger partial charge in [0.25, 0.3) is 5.92 Å². The third kappa shape index (κ3) is 1.87. The second kappa shape index (κ2) is 2.19. The van der Waals surface area contributed by atoms with E-state index in [1.807, 2.05) is 0 Å². The van der Waals surface area contributed by atoms with Gasteiger partial charge in [0, 0.05) is 13.0 Å². The van der Waals surface area contributed by atoms with Gasteiger partial charge in [0.1, 0.15) is 0 Å². The van der Waals surface area contributed by atoms with Gasteiger partial charge >= 0.3 is 0 Å². The van der Waals surface area contributed by atoms with Crippen molar-refractivity contribution in [3.63, 3.8) is 0 Å². The molecule has 1 aliphatic heterocycles. The summed E-state index contributed by atoms with van der Waals surface area (Å²) in [6.45, 7) is -0.0142. The summed E-state index contributed by atoms with van der Waals surface area (Å²) in [6, 6.07) is 0. The number of rotatable bonds is 0. The van der Waals surface area contributed by atoms with Crippen molar-refractivity contribution in [2.24, 2.45) is 0 Å². The van der Waals surface area contributed by atoms with Gasteiger partial charge in [-0.1, -0.05) is 0 Å². The molecule has 1 aliphatic rings. The third-order valence-electron chi connectivity index (χ3n) is 1.30. The molecule has 0 aromatic rings. The number of aliphatic hydroxyl groups is 1. The van der Waals surface area contributed by atoms with Crippen LogP contribution in [0.25, 0.3) is 0 Å². The van der Waals surface area contributed by atoms with Crippen LogP contribution in [0.5, 0.6) is 0 Å². The minimum Gasteiger partial charge on any atom is -0.392 e. The molecule has 2 nitrogen and oxygen atoms in total. The first-order chi connectivity index (χ1) is 4.10. The van der Waals surface area contributed by atoms with Crippen LogP contribution in [0.3, 0.4) is 0 Å². The zero-order valence-corrected chi connectivity index (χ0v) is 4.90. The molecule has 1 heterocycles. The number of halogens is 2. The molecular weight excluding hydrogens is 128 g/mol. The molecule has 2 N–H and O–H groups in total. The van der Waals surface area contributed by atoms with Crippen molar-refractivity contribution in [1.29, 1.82) is 0 Å². The number of hydrogen-bond acceptors (Lipinski definition) is 2. The lowest BCUT2D eigenvalue weighted by Crippen LogP contribution is -2.46. The fraction of sp³-hybridized carbons (Fsp3) is 1.00. The first kappa shape index (κ1) is 6.89. The van der Waals surface area contributed by atoms with Crippen molar-refractivity contribution in [2.75, 3.05) is 13.1 Å². The minimum absolute atomic E-state index is 0.287. The first-order valence-corrected chi connectivity index (χ1v) is 2.87. The molecule has 0 aliphatic carbocycles. The molecule has 0 radical (unpaired) electrons. The van der Waals surface area contributed by atoms with Gasteiger partial charge in [-0.15, -0.1) is 0 Å². The van der Waals surface area contributed by atoms with Gasteiger partial charge in [-0.25, -0.2) is 8.78 Å². The maximum atomic E-state index is 12.2. The Kier molecular flexibility index (Phi) is 1.68. The Hall–Kier alpha value is -0.220. The highest BCUT2D eigenvalue weighted by Gasteiger charge is 2.35. The SMILES string of the molecule is O[C@@H]1CNCC(F)(F)C1. The monoisotopic (exact) mass is 137 g/mol. The van der Waals surface area contributed by atoms with Crippen LogP contribution in [0.2, 0.25) is 0 Å². The second-order valence-electron chi connectivity index (χ2n) is 2.34. The molecule has 1 saturated heterocycles. The van der Waals surface area contributed by atoms with Crippen LogP contribution in [0.1, 0.15) is 6.42 Å². The predicted molar refractivity (Wildman–Crippen MR) is 28.4 cm³/mol. The Morgan fingerprint density at radius 1 is 1.56 bits per heavy atom. The Morgan fingerprint density at radius 3 is 2.56 bits per heavy atom. The average molecular weight is 137 g/mol. The smallest absolute Gasteiger partial charge is 0.262 e. The fourth-order valence-electron chi connectivity index (χ4n) is 0.911. The van der Waals surface area contributed by atoms with E-state index in [1.165, 1.54) is 0 Å². The maximum absolute atomic E-state index is 12.2. The van der Waals surface area contributed by atoms with E-state index in [1.54, 1.807) is 0 Å². The number of hydrogen-bond donors (Lipinski definition) is 2. The van der Waals surface area contributed by atoms with Crippen molar-refractivity contribution >= 4 is 0 Å². The van der Waals surface area contributed by atoms with Crippen molar-refractivity contribution in [2.45, 2.75) is 18.4 Å². The van der Waals surface area contributed by atoms with Crippen molar-refractivity contribution in [1.82, 2.24) is 5.32 Å². The van der Waals surface area contributed by atoms with E-state index in [0.29, 0.717) is 0 Å². The fourth-order valence-corrected chi connectivity index (χ4v) is 0.911. The van der Waals surface area contributed by atoms with Gasteiger partial charge in [-0.05, 0) is 0 Å². The van der Waals surface area contributed by atoms with Crippen LogP contribution >= 0.6 is 0 Å². The van der Waals surface area contributed by atoms with E-state index in [9.17, 15) is 8.78 Å². The molecule has 9 heavy (non-hydrogen) atoms. The summed E-state index contributed by atoms with van der Waals surface area (Å²) in [5.41, 5.74) is 0.